The number of hydrogen-bond acceptors (Lipinski definition) is 3. The Bertz CT molecular complexity index is 438. The summed E-state index contributed by atoms with van der Waals surface area (Å²) < 4.78 is 28.4. The van der Waals surface area contributed by atoms with Crippen LogP contribution >= 0.6 is 0 Å². The van der Waals surface area contributed by atoms with Crippen molar-refractivity contribution in [3.05, 3.63) is 0 Å². The van der Waals surface area contributed by atoms with Crippen LogP contribution in [0.5, 0.6) is 0 Å². The van der Waals surface area contributed by atoms with Crippen molar-refractivity contribution in [2.24, 2.45) is 17.8 Å². The molecule has 2 fully saturated rings. The molecule has 6 nitrogen and oxygen atoms in total. The normalized spacial score (nSPS) is 28.3. The van der Waals surface area contributed by atoms with Gasteiger partial charge >= 0.3 is 0 Å². The number of rotatable bonds is 6. The first-order valence-electron chi connectivity index (χ1n) is 7.41. The molecule has 0 bridgehead atoms. The number of piperidine rings is 1. The van der Waals surface area contributed by atoms with Gasteiger partial charge in [-0.1, -0.05) is 13.8 Å². The second-order valence-corrected chi connectivity index (χ2v) is 7.98. The number of carbonyl (C=O) groups is 1. The molecule has 2 unspecified atom stereocenters. The summed E-state index contributed by atoms with van der Waals surface area (Å²) in [5, 5.41) is 2.75. The van der Waals surface area contributed by atoms with E-state index in [1.807, 2.05) is 0 Å². The molecule has 1 saturated carbocycles. The molecule has 7 heteroatoms. The van der Waals surface area contributed by atoms with E-state index in [1.165, 1.54) is 4.31 Å². The van der Waals surface area contributed by atoms with Crippen LogP contribution < -0.4 is 10.0 Å². The molecule has 2 atom stereocenters. The topological polar surface area (TPSA) is 78.5 Å². The molecular formula is C13H25N3O3S. The van der Waals surface area contributed by atoms with Crippen LogP contribution in [0.3, 0.4) is 0 Å². The summed E-state index contributed by atoms with van der Waals surface area (Å²) in [5.74, 6) is 0.995. The molecule has 2 aliphatic rings. The first-order valence-corrected chi connectivity index (χ1v) is 8.85. The maximum absolute atomic E-state index is 12.2. The van der Waals surface area contributed by atoms with E-state index in [1.54, 1.807) is 0 Å². The molecule has 0 aromatic rings. The van der Waals surface area contributed by atoms with E-state index in [0.29, 0.717) is 31.5 Å². The highest BCUT2D eigenvalue weighted by Gasteiger charge is 2.31. The summed E-state index contributed by atoms with van der Waals surface area (Å²) in [5.41, 5.74) is 0. The van der Waals surface area contributed by atoms with Gasteiger partial charge in [-0.2, -0.15) is 12.7 Å². The van der Waals surface area contributed by atoms with Gasteiger partial charge < -0.3 is 5.32 Å². The Morgan fingerprint density at radius 2 is 1.75 bits per heavy atom. The Balaban J connectivity index is 1.73. The maximum atomic E-state index is 12.2. The van der Waals surface area contributed by atoms with Gasteiger partial charge in [-0.15, -0.1) is 0 Å². The van der Waals surface area contributed by atoms with Crippen molar-refractivity contribution in [2.45, 2.75) is 33.1 Å². The third-order valence-corrected chi connectivity index (χ3v) is 5.38. The Hall–Kier alpha value is -0.660. The molecule has 1 amide bonds. The molecule has 116 valence electrons. The second kappa shape index (κ2) is 6.41. The van der Waals surface area contributed by atoms with E-state index in [0.717, 1.165) is 19.3 Å². The van der Waals surface area contributed by atoms with E-state index in [4.69, 9.17) is 0 Å². The molecule has 2 N–H and O–H groups in total. The predicted octanol–water partition coefficient (Wildman–Crippen LogP) is 0.325. The maximum Gasteiger partial charge on any atom is 0.279 e. The van der Waals surface area contributed by atoms with E-state index in [-0.39, 0.29) is 18.4 Å². The summed E-state index contributed by atoms with van der Waals surface area (Å²) >= 11 is 0. The zero-order chi connectivity index (χ0) is 14.8. The van der Waals surface area contributed by atoms with Crippen molar-refractivity contribution in [3.63, 3.8) is 0 Å². The molecule has 0 radical (unpaired) electrons. The van der Waals surface area contributed by atoms with E-state index >= 15 is 0 Å². The minimum absolute atomic E-state index is 0.0458. The minimum atomic E-state index is -3.42. The van der Waals surface area contributed by atoms with Crippen LogP contribution in [0, 0.1) is 17.8 Å². The quantitative estimate of drug-likeness (QED) is 0.694. The molecule has 2 rings (SSSR count). The van der Waals surface area contributed by atoms with Gasteiger partial charge in [-0.05, 0) is 31.1 Å². The van der Waals surface area contributed by atoms with Gasteiger partial charge in [-0.25, -0.2) is 4.72 Å². The first-order chi connectivity index (χ1) is 9.38. The molecule has 0 aromatic heterocycles. The largest absolute Gasteiger partial charge is 0.355 e. The number of nitrogens with one attached hydrogen (secondary N) is 2. The van der Waals surface area contributed by atoms with Crippen LogP contribution in [-0.2, 0) is 15.0 Å². The molecule has 1 heterocycles. The molecular weight excluding hydrogens is 278 g/mol. The zero-order valence-electron chi connectivity index (χ0n) is 12.3. The van der Waals surface area contributed by atoms with Gasteiger partial charge in [-0.3, -0.25) is 4.79 Å². The summed E-state index contributed by atoms with van der Waals surface area (Å²) in [6, 6.07) is 0. The fraction of sp³-hybridized carbons (Fsp3) is 0.923. The Kier molecular flexibility index (Phi) is 5.04. The Morgan fingerprint density at radius 1 is 1.15 bits per heavy atom. The van der Waals surface area contributed by atoms with Crippen molar-refractivity contribution in [2.75, 3.05) is 26.2 Å². The van der Waals surface area contributed by atoms with Crippen molar-refractivity contribution in [3.8, 4) is 0 Å². The standard InChI is InChI=1S/C13H25N3O3S/c1-10-7-11(2)9-16(8-10)20(18,19)15-6-5-14-13(17)12-3-4-12/h10-12,15H,3-9H2,1-2H3,(H,14,17). The van der Waals surface area contributed by atoms with E-state index in [2.05, 4.69) is 23.9 Å². The van der Waals surface area contributed by atoms with Gasteiger partial charge in [0, 0.05) is 32.1 Å². The van der Waals surface area contributed by atoms with Crippen LogP contribution in [0.1, 0.15) is 33.1 Å². The molecule has 0 aromatic carbocycles. The van der Waals surface area contributed by atoms with Crippen LogP contribution in [-0.4, -0.2) is 44.8 Å². The Labute approximate surface area is 121 Å². The lowest BCUT2D eigenvalue weighted by molar-refractivity contribution is -0.122. The van der Waals surface area contributed by atoms with Crippen LogP contribution in [0.4, 0.5) is 0 Å². The SMILES string of the molecule is CC1CC(C)CN(S(=O)(=O)NCCNC(=O)C2CC2)C1. The van der Waals surface area contributed by atoms with Crippen LogP contribution in [0.2, 0.25) is 0 Å². The lowest BCUT2D eigenvalue weighted by Gasteiger charge is -2.33. The average Bonchev–Trinajstić information content (AvgIpc) is 3.17. The smallest absolute Gasteiger partial charge is 0.279 e. The van der Waals surface area contributed by atoms with Crippen molar-refractivity contribution in [1.82, 2.24) is 14.3 Å². The number of hydrogen-bond donors (Lipinski definition) is 2. The number of amides is 1. The van der Waals surface area contributed by atoms with Crippen molar-refractivity contribution >= 4 is 16.1 Å². The summed E-state index contributed by atoms with van der Waals surface area (Å²) in [4.78, 5) is 11.4. The predicted molar refractivity (Wildman–Crippen MR) is 77.2 cm³/mol. The fourth-order valence-corrected chi connectivity index (χ4v) is 4.19. The van der Waals surface area contributed by atoms with Gasteiger partial charge in [0.15, 0.2) is 0 Å². The highest BCUT2D eigenvalue weighted by atomic mass is 32.2. The van der Waals surface area contributed by atoms with Gasteiger partial charge in [0.1, 0.15) is 0 Å². The Morgan fingerprint density at radius 3 is 2.30 bits per heavy atom. The third-order valence-electron chi connectivity index (χ3n) is 3.83. The molecule has 0 spiro atoms. The summed E-state index contributed by atoms with van der Waals surface area (Å²) in [6.07, 6.45) is 2.99. The fourth-order valence-electron chi connectivity index (χ4n) is 2.75. The monoisotopic (exact) mass is 303 g/mol. The number of carbonyl (C=O) groups excluding carboxylic acids is 1. The third kappa shape index (κ3) is 4.43. The highest BCUT2D eigenvalue weighted by Crippen LogP contribution is 2.28. The summed E-state index contributed by atoms with van der Waals surface area (Å²) in [6.45, 7) is 5.91. The van der Waals surface area contributed by atoms with Crippen molar-refractivity contribution < 1.29 is 13.2 Å². The lowest BCUT2D eigenvalue weighted by Crippen LogP contribution is -2.49. The second-order valence-electron chi connectivity index (χ2n) is 6.23. The molecule has 20 heavy (non-hydrogen) atoms. The van der Waals surface area contributed by atoms with E-state index in [9.17, 15) is 13.2 Å². The van der Waals surface area contributed by atoms with Crippen LogP contribution in [0.25, 0.3) is 0 Å². The number of nitrogens with zero attached hydrogens (tertiary/aromatic N) is 1. The van der Waals surface area contributed by atoms with Gasteiger partial charge in [0.2, 0.25) is 5.91 Å². The first kappa shape index (κ1) is 15.7. The minimum Gasteiger partial charge on any atom is -0.355 e. The van der Waals surface area contributed by atoms with Gasteiger partial charge in [0.25, 0.3) is 10.2 Å². The molecule has 1 aliphatic heterocycles. The van der Waals surface area contributed by atoms with E-state index < -0.39 is 10.2 Å². The summed E-state index contributed by atoms with van der Waals surface area (Å²) in [7, 11) is -3.42. The zero-order valence-corrected chi connectivity index (χ0v) is 13.1. The average molecular weight is 303 g/mol. The van der Waals surface area contributed by atoms with Crippen LogP contribution in [0.15, 0.2) is 0 Å². The van der Waals surface area contributed by atoms with Gasteiger partial charge in [0.05, 0.1) is 0 Å². The highest BCUT2D eigenvalue weighted by molar-refractivity contribution is 7.87. The van der Waals surface area contributed by atoms with Crippen molar-refractivity contribution in [1.29, 1.82) is 0 Å². The molecule has 1 aliphatic carbocycles. The lowest BCUT2D eigenvalue weighted by atomic mass is 9.94. The molecule has 1 saturated heterocycles.